The van der Waals surface area contributed by atoms with E-state index in [9.17, 15) is 9.18 Å². The molecule has 5 rings (SSSR count). The van der Waals surface area contributed by atoms with Crippen LogP contribution < -0.4 is 4.90 Å². The highest BCUT2D eigenvalue weighted by Gasteiger charge is 2.46. The number of hydrogen-bond donors (Lipinski definition) is 0. The highest BCUT2D eigenvalue weighted by Crippen LogP contribution is 2.48. The molecule has 180 valence electrons. The number of hydrogen-bond acceptors (Lipinski definition) is 3. The zero-order valence-corrected chi connectivity index (χ0v) is 21.0. The lowest BCUT2D eigenvalue weighted by molar-refractivity contribution is 0.0977. The number of aromatic nitrogens is 1. The van der Waals surface area contributed by atoms with Gasteiger partial charge in [0, 0.05) is 35.3 Å². The van der Waals surface area contributed by atoms with Gasteiger partial charge in [0.2, 0.25) is 0 Å². The summed E-state index contributed by atoms with van der Waals surface area (Å²) < 4.78 is 13.9. The van der Waals surface area contributed by atoms with Gasteiger partial charge < -0.3 is 4.90 Å². The fraction of sp³-hybridized carbons (Fsp3) is 0.286. The fourth-order valence-corrected chi connectivity index (χ4v) is 5.70. The van der Waals surface area contributed by atoms with Gasteiger partial charge >= 0.3 is 0 Å². The molecule has 4 nitrogen and oxygen atoms in total. The van der Waals surface area contributed by atoms with Crippen LogP contribution in [0, 0.1) is 12.7 Å². The van der Waals surface area contributed by atoms with Crippen molar-refractivity contribution in [3.8, 4) is 0 Å². The maximum atomic E-state index is 13.9. The second-order valence-corrected chi connectivity index (χ2v) is 10.2. The quantitative estimate of drug-likeness (QED) is 0.374. The summed E-state index contributed by atoms with van der Waals surface area (Å²) in [6, 6.07) is 16.3. The van der Waals surface area contributed by atoms with Crippen LogP contribution in [-0.2, 0) is 5.41 Å². The lowest BCUT2D eigenvalue weighted by atomic mass is 9.74. The predicted molar refractivity (Wildman–Crippen MR) is 140 cm³/mol. The normalized spacial score (nSPS) is 17.3. The second kappa shape index (κ2) is 9.73. The van der Waals surface area contributed by atoms with Gasteiger partial charge in [0.15, 0.2) is 0 Å². The Balaban J connectivity index is 1.34. The summed E-state index contributed by atoms with van der Waals surface area (Å²) in [5, 5.41) is 0.409. The van der Waals surface area contributed by atoms with E-state index in [0.29, 0.717) is 17.7 Å². The van der Waals surface area contributed by atoms with E-state index in [4.69, 9.17) is 23.2 Å². The maximum Gasteiger partial charge on any atom is 0.258 e. The Morgan fingerprint density at radius 2 is 1.80 bits per heavy atom. The average molecular weight is 510 g/mol. The topological polar surface area (TPSA) is 36.4 Å². The summed E-state index contributed by atoms with van der Waals surface area (Å²) in [4.78, 5) is 21.7. The first kappa shape index (κ1) is 24.0. The van der Waals surface area contributed by atoms with Gasteiger partial charge in [-0.05, 0) is 62.7 Å². The molecule has 1 saturated heterocycles. The number of aryl methyl sites for hydroxylation is 1. The van der Waals surface area contributed by atoms with Crippen LogP contribution >= 0.6 is 23.2 Å². The molecule has 0 radical (unpaired) electrons. The van der Waals surface area contributed by atoms with Crippen molar-refractivity contribution < 1.29 is 9.18 Å². The van der Waals surface area contributed by atoms with Crippen molar-refractivity contribution in [1.29, 1.82) is 0 Å². The molecule has 0 atom stereocenters. The SMILES string of the molecule is Cc1ccc2c(c1)C1(CCN(C/C=C/c3ccccc3F)CC1)CN2C(=O)c1cc(Cl)nc(Cl)c1. The van der Waals surface area contributed by atoms with Gasteiger partial charge in [0.25, 0.3) is 5.91 Å². The number of nitrogens with zero attached hydrogens (tertiary/aromatic N) is 3. The second-order valence-electron chi connectivity index (χ2n) is 9.42. The molecule has 1 spiro atoms. The van der Waals surface area contributed by atoms with Gasteiger partial charge in [0.05, 0.1) is 0 Å². The third-order valence-corrected chi connectivity index (χ3v) is 7.50. The molecular formula is C28H26Cl2FN3O. The number of amides is 1. The smallest absolute Gasteiger partial charge is 0.258 e. The van der Waals surface area contributed by atoms with Crippen molar-refractivity contribution in [1.82, 2.24) is 9.88 Å². The monoisotopic (exact) mass is 509 g/mol. The fourth-order valence-electron chi connectivity index (χ4n) is 5.24. The van der Waals surface area contributed by atoms with E-state index in [1.165, 1.54) is 17.2 Å². The Bertz CT molecular complexity index is 1280. The van der Waals surface area contributed by atoms with Crippen LogP contribution in [0.3, 0.4) is 0 Å². The van der Waals surface area contributed by atoms with Crippen molar-refractivity contribution in [2.45, 2.75) is 25.2 Å². The largest absolute Gasteiger partial charge is 0.307 e. The van der Waals surface area contributed by atoms with Crippen LogP contribution in [0.4, 0.5) is 10.1 Å². The molecule has 0 bridgehead atoms. The molecular weight excluding hydrogens is 484 g/mol. The Hall–Kier alpha value is -2.73. The first-order valence-electron chi connectivity index (χ1n) is 11.7. The summed E-state index contributed by atoms with van der Waals surface area (Å²) >= 11 is 12.1. The number of fused-ring (bicyclic) bond motifs is 2. The predicted octanol–water partition coefficient (Wildman–Crippen LogP) is 6.54. The first-order chi connectivity index (χ1) is 16.8. The molecule has 0 saturated carbocycles. The van der Waals surface area contributed by atoms with Crippen molar-refractivity contribution in [2.24, 2.45) is 0 Å². The molecule has 0 unspecified atom stereocenters. The zero-order chi connectivity index (χ0) is 24.6. The summed E-state index contributed by atoms with van der Waals surface area (Å²) in [5.74, 6) is -0.325. The van der Waals surface area contributed by atoms with E-state index < -0.39 is 0 Å². The average Bonchev–Trinajstić information content (AvgIpc) is 3.13. The number of benzene rings is 2. The lowest BCUT2D eigenvalue weighted by Crippen LogP contribution is -2.46. The Labute approximate surface area is 215 Å². The number of likely N-dealkylation sites (tertiary alicyclic amines) is 1. The molecule has 0 aliphatic carbocycles. The van der Waals surface area contributed by atoms with Crippen molar-refractivity contribution in [2.75, 3.05) is 31.1 Å². The first-order valence-corrected chi connectivity index (χ1v) is 12.5. The van der Waals surface area contributed by atoms with Crippen LogP contribution in [0.2, 0.25) is 10.3 Å². The number of halogens is 3. The van der Waals surface area contributed by atoms with Gasteiger partial charge in [-0.15, -0.1) is 0 Å². The summed E-state index contributed by atoms with van der Waals surface area (Å²) in [5.41, 5.74) is 4.32. The molecule has 35 heavy (non-hydrogen) atoms. The van der Waals surface area contributed by atoms with Crippen molar-refractivity contribution in [3.05, 3.63) is 99.1 Å². The number of anilines is 1. The molecule has 7 heteroatoms. The van der Waals surface area contributed by atoms with Gasteiger partial charge in [-0.25, -0.2) is 9.37 Å². The summed E-state index contributed by atoms with van der Waals surface area (Å²) in [7, 11) is 0. The van der Waals surface area contributed by atoms with Crippen molar-refractivity contribution in [3.63, 3.8) is 0 Å². The molecule has 1 aromatic heterocycles. The van der Waals surface area contributed by atoms with Crippen molar-refractivity contribution >= 4 is 40.9 Å². The molecule has 1 amide bonds. The van der Waals surface area contributed by atoms with Gasteiger partial charge in [-0.1, -0.05) is 71.2 Å². The van der Waals surface area contributed by atoms with E-state index in [1.807, 2.05) is 35.3 Å². The van der Waals surface area contributed by atoms with E-state index in [-0.39, 0.29) is 27.4 Å². The van der Waals surface area contributed by atoms with Gasteiger partial charge in [-0.3, -0.25) is 9.69 Å². The minimum Gasteiger partial charge on any atom is -0.307 e. The standard InChI is InChI=1S/C28H26Cl2FN3O/c1-19-8-9-24-22(15-19)28(18-34(24)27(35)21-16-25(29)32-26(30)17-21)10-13-33(14-11-28)12-4-6-20-5-2-3-7-23(20)31/h2-9,15-17H,10-14,18H2,1H3/b6-4+. The third kappa shape index (κ3) is 4.86. The Morgan fingerprint density at radius 1 is 1.09 bits per heavy atom. The number of rotatable bonds is 4. The summed E-state index contributed by atoms with van der Waals surface area (Å²) in [6.45, 7) is 5.29. The van der Waals surface area contributed by atoms with E-state index in [0.717, 1.165) is 38.2 Å². The molecule has 2 aliphatic rings. The molecule has 1 fully saturated rings. The van der Waals surface area contributed by atoms with E-state index >= 15 is 0 Å². The Morgan fingerprint density at radius 3 is 2.51 bits per heavy atom. The molecule has 3 aromatic rings. The molecule has 2 aromatic carbocycles. The highest BCUT2D eigenvalue weighted by atomic mass is 35.5. The number of carbonyl (C=O) groups excluding carboxylic acids is 1. The zero-order valence-electron chi connectivity index (χ0n) is 19.5. The molecule has 0 N–H and O–H groups in total. The maximum absolute atomic E-state index is 13.9. The molecule has 2 aliphatic heterocycles. The van der Waals surface area contributed by atoms with Crippen LogP contribution in [-0.4, -0.2) is 42.0 Å². The van der Waals surface area contributed by atoms with Crippen LogP contribution in [0.15, 0.2) is 60.7 Å². The van der Waals surface area contributed by atoms with E-state index in [1.54, 1.807) is 24.3 Å². The number of piperidine rings is 1. The molecule has 3 heterocycles. The van der Waals surface area contributed by atoms with Gasteiger partial charge in [0.1, 0.15) is 16.1 Å². The summed E-state index contributed by atoms with van der Waals surface area (Å²) in [6.07, 6.45) is 5.76. The Kier molecular flexibility index (Phi) is 6.67. The number of carbonyl (C=O) groups is 1. The van der Waals surface area contributed by atoms with Crippen LogP contribution in [0.25, 0.3) is 6.08 Å². The lowest BCUT2D eigenvalue weighted by Gasteiger charge is -2.39. The van der Waals surface area contributed by atoms with Crippen LogP contribution in [0.1, 0.15) is 39.9 Å². The van der Waals surface area contributed by atoms with E-state index in [2.05, 4.69) is 22.9 Å². The third-order valence-electron chi connectivity index (χ3n) is 7.11. The minimum atomic E-state index is -0.208. The number of pyridine rings is 1. The van der Waals surface area contributed by atoms with Crippen LogP contribution in [0.5, 0.6) is 0 Å². The van der Waals surface area contributed by atoms with Gasteiger partial charge in [-0.2, -0.15) is 0 Å². The minimum absolute atomic E-state index is 0.0939. The highest BCUT2D eigenvalue weighted by molar-refractivity contribution is 6.33.